The van der Waals surface area contributed by atoms with Gasteiger partial charge in [-0.2, -0.15) is 0 Å². The molecule has 1 aromatic rings. The molecule has 13 heavy (non-hydrogen) atoms. The SMILES string of the molecule is Cc1cc(O)ccc1NC1CNC1. The highest BCUT2D eigenvalue weighted by atomic mass is 16.3. The lowest BCUT2D eigenvalue weighted by molar-refractivity contribution is 0.469. The summed E-state index contributed by atoms with van der Waals surface area (Å²) in [5.41, 5.74) is 2.20. The fraction of sp³-hybridized carbons (Fsp3) is 0.400. The van der Waals surface area contributed by atoms with E-state index in [4.69, 9.17) is 0 Å². The lowest BCUT2D eigenvalue weighted by atomic mass is 10.1. The number of rotatable bonds is 2. The van der Waals surface area contributed by atoms with Gasteiger partial charge in [0.15, 0.2) is 0 Å². The first-order valence-corrected chi connectivity index (χ1v) is 4.52. The van der Waals surface area contributed by atoms with Gasteiger partial charge >= 0.3 is 0 Å². The summed E-state index contributed by atoms with van der Waals surface area (Å²) in [4.78, 5) is 0. The van der Waals surface area contributed by atoms with Crippen LogP contribution in [0.3, 0.4) is 0 Å². The van der Waals surface area contributed by atoms with Crippen molar-refractivity contribution in [1.82, 2.24) is 5.32 Å². The zero-order chi connectivity index (χ0) is 9.26. The molecule has 0 amide bonds. The standard InChI is InChI=1S/C10H14N2O/c1-7-4-9(13)2-3-10(7)12-8-5-11-6-8/h2-4,8,11-13H,5-6H2,1H3. The van der Waals surface area contributed by atoms with Gasteiger partial charge in [0.1, 0.15) is 5.75 Å². The molecule has 0 unspecified atom stereocenters. The summed E-state index contributed by atoms with van der Waals surface area (Å²) in [5, 5.41) is 15.8. The fourth-order valence-corrected chi connectivity index (χ4v) is 1.42. The normalized spacial score (nSPS) is 16.7. The first kappa shape index (κ1) is 8.38. The lowest BCUT2D eigenvalue weighted by Gasteiger charge is -2.29. The molecule has 3 N–H and O–H groups in total. The summed E-state index contributed by atoms with van der Waals surface area (Å²) in [6.45, 7) is 4.05. The fourth-order valence-electron chi connectivity index (χ4n) is 1.42. The first-order chi connectivity index (χ1) is 6.25. The monoisotopic (exact) mass is 178 g/mol. The van der Waals surface area contributed by atoms with Crippen molar-refractivity contribution in [2.75, 3.05) is 18.4 Å². The zero-order valence-electron chi connectivity index (χ0n) is 7.67. The number of benzene rings is 1. The maximum Gasteiger partial charge on any atom is 0.115 e. The second-order valence-electron chi connectivity index (χ2n) is 3.50. The zero-order valence-corrected chi connectivity index (χ0v) is 7.67. The number of aryl methyl sites for hydroxylation is 1. The molecule has 0 aromatic heterocycles. The van der Waals surface area contributed by atoms with E-state index in [1.54, 1.807) is 12.1 Å². The Morgan fingerprint density at radius 3 is 2.77 bits per heavy atom. The molecule has 0 spiro atoms. The third-order valence-electron chi connectivity index (χ3n) is 2.35. The molecular formula is C10H14N2O. The topological polar surface area (TPSA) is 44.3 Å². The summed E-state index contributed by atoms with van der Waals surface area (Å²) < 4.78 is 0. The number of hydrogen-bond donors (Lipinski definition) is 3. The number of hydrogen-bond acceptors (Lipinski definition) is 3. The van der Waals surface area contributed by atoms with Crippen LogP contribution >= 0.6 is 0 Å². The number of aromatic hydroxyl groups is 1. The van der Waals surface area contributed by atoms with E-state index in [0.717, 1.165) is 24.3 Å². The minimum atomic E-state index is 0.329. The molecule has 0 bridgehead atoms. The van der Waals surface area contributed by atoms with Crippen LogP contribution < -0.4 is 10.6 Å². The van der Waals surface area contributed by atoms with Gasteiger partial charge in [-0.3, -0.25) is 0 Å². The van der Waals surface area contributed by atoms with E-state index in [-0.39, 0.29) is 0 Å². The first-order valence-electron chi connectivity index (χ1n) is 4.52. The molecule has 1 heterocycles. The van der Waals surface area contributed by atoms with Crippen LogP contribution in [0.25, 0.3) is 0 Å². The molecule has 1 fully saturated rings. The predicted molar refractivity (Wildman–Crippen MR) is 53.1 cm³/mol. The van der Waals surface area contributed by atoms with E-state index in [2.05, 4.69) is 10.6 Å². The molecule has 1 aliphatic rings. The van der Waals surface area contributed by atoms with Crippen LogP contribution in [0.2, 0.25) is 0 Å². The molecule has 1 aromatic carbocycles. The van der Waals surface area contributed by atoms with Crippen LogP contribution in [0.5, 0.6) is 5.75 Å². The highest BCUT2D eigenvalue weighted by Gasteiger charge is 2.16. The average Bonchev–Trinajstić information content (AvgIpc) is 1.99. The van der Waals surface area contributed by atoms with Crippen LogP contribution in [0, 0.1) is 6.92 Å². The van der Waals surface area contributed by atoms with Crippen LogP contribution in [0.4, 0.5) is 5.69 Å². The van der Waals surface area contributed by atoms with Crippen molar-refractivity contribution >= 4 is 5.69 Å². The Morgan fingerprint density at radius 2 is 2.23 bits per heavy atom. The highest BCUT2D eigenvalue weighted by molar-refractivity contribution is 5.54. The summed E-state index contributed by atoms with van der Waals surface area (Å²) in [7, 11) is 0. The molecule has 2 rings (SSSR count). The Bertz CT molecular complexity index is 308. The largest absolute Gasteiger partial charge is 0.508 e. The van der Waals surface area contributed by atoms with Crippen molar-refractivity contribution in [2.45, 2.75) is 13.0 Å². The number of phenolic OH excluding ortho intramolecular Hbond substituents is 1. The van der Waals surface area contributed by atoms with Gasteiger partial charge < -0.3 is 15.7 Å². The molecule has 3 heteroatoms. The maximum absolute atomic E-state index is 9.20. The maximum atomic E-state index is 9.20. The number of phenols is 1. The van der Waals surface area contributed by atoms with Crippen LogP contribution in [-0.4, -0.2) is 24.2 Å². The van der Waals surface area contributed by atoms with Gasteiger partial charge in [0.25, 0.3) is 0 Å². The Hall–Kier alpha value is -1.22. The Balaban J connectivity index is 2.10. The highest BCUT2D eigenvalue weighted by Crippen LogP contribution is 2.21. The molecule has 3 nitrogen and oxygen atoms in total. The Labute approximate surface area is 77.8 Å². The quantitative estimate of drug-likeness (QED) is 0.594. The van der Waals surface area contributed by atoms with Gasteiger partial charge in [-0.05, 0) is 30.7 Å². The van der Waals surface area contributed by atoms with Gasteiger partial charge in [0.2, 0.25) is 0 Å². The number of anilines is 1. The van der Waals surface area contributed by atoms with Crippen molar-refractivity contribution in [2.24, 2.45) is 0 Å². The van der Waals surface area contributed by atoms with E-state index in [1.165, 1.54) is 0 Å². The average molecular weight is 178 g/mol. The smallest absolute Gasteiger partial charge is 0.115 e. The van der Waals surface area contributed by atoms with E-state index < -0.39 is 0 Å². The molecule has 1 saturated heterocycles. The molecule has 0 atom stereocenters. The summed E-state index contributed by atoms with van der Waals surface area (Å²) >= 11 is 0. The minimum Gasteiger partial charge on any atom is -0.508 e. The van der Waals surface area contributed by atoms with E-state index in [1.807, 2.05) is 13.0 Å². The predicted octanol–water partition coefficient (Wildman–Crippen LogP) is 1.08. The summed E-state index contributed by atoms with van der Waals surface area (Å²) in [6, 6.07) is 5.95. The van der Waals surface area contributed by atoms with E-state index in [0.29, 0.717) is 11.8 Å². The molecule has 1 aliphatic heterocycles. The Morgan fingerprint density at radius 1 is 1.46 bits per heavy atom. The lowest BCUT2D eigenvalue weighted by Crippen LogP contribution is -2.51. The van der Waals surface area contributed by atoms with Gasteiger partial charge in [-0.25, -0.2) is 0 Å². The van der Waals surface area contributed by atoms with Crippen LogP contribution in [0.15, 0.2) is 18.2 Å². The van der Waals surface area contributed by atoms with Crippen molar-refractivity contribution in [3.05, 3.63) is 23.8 Å². The van der Waals surface area contributed by atoms with E-state index in [9.17, 15) is 5.11 Å². The van der Waals surface area contributed by atoms with Crippen molar-refractivity contribution < 1.29 is 5.11 Å². The second kappa shape index (κ2) is 3.26. The van der Waals surface area contributed by atoms with Crippen LogP contribution in [-0.2, 0) is 0 Å². The van der Waals surface area contributed by atoms with Gasteiger partial charge in [0.05, 0.1) is 6.04 Å². The summed E-state index contributed by atoms with van der Waals surface area (Å²) in [5.74, 6) is 0.329. The Kier molecular flexibility index (Phi) is 2.10. The van der Waals surface area contributed by atoms with Crippen LogP contribution in [0.1, 0.15) is 5.56 Å². The number of nitrogens with one attached hydrogen (secondary N) is 2. The molecule has 0 radical (unpaired) electrons. The van der Waals surface area contributed by atoms with Crippen molar-refractivity contribution in [3.8, 4) is 5.75 Å². The molecule has 70 valence electrons. The molecule has 0 saturated carbocycles. The second-order valence-corrected chi connectivity index (χ2v) is 3.50. The third kappa shape index (κ3) is 1.75. The third-order valence-corrected chi connectivity index (χ3v) is 2.35. The van der Waals surface area contributed by atoms with Crippen molar-refractivity contribution in [3.63, 3.8) is 0 Å². The minimum absolute atomic E-state index is 0.329. The summed E-state index contributed by atoms with van der Waals surface area (Å²) in [6.07, 6.45) is 0. The molecular weight excluding hydrogens is 164 g/mol. The van der Waals surface area contributed by atoms with Gasteiger partial charge in [0, 0.05) is 18.8 Å². The van der Waals surface area contributed by atoms with Crippen molar-refractivity contribution in [1.29, 1.82) is 0 Å². The van der Waals surface area contributed by atoms with Gasteiger partial charge in [-0.15, -0.1) is 0 Å². The van der Waals surface area contributed by atoms with Gasteiger partial charge in [-0.1, -0.05) is 0 Å². The molecule has 0 aliphatic carbocycles. The van der Waals surface area contributed by atoms with E-state index >= 15 is 0 Å².